The number of carbonyl (C=O) groups excluding carboxylic acids is 1. The van der Waals surface area contributed by atoms with Gasteiger partial charge in [-0.05, 0) is 44.4 Å². The predicted molar refractivity (Wildman–Crippen MR) is 81.9 cm³/mol. The van der Waals surface area contributed by atoms with Crippen molar-refractivity contribution in [2.75, 3.05) is 6.54 Å². The van der Waals surface area contributed by atoms with Gasteiger partial charge in [0.2, 0.25) is 5.91 Å². The van der Waals surface area contributed by atoms with Crippen molar-refractivity contribution in [2.45, 2.75) is 33.6 Å². The number of aromatic nitrogens is 1. The molecule has 0 aliphatic heterocycles. The lowest BCUT2D eigenvalue weighted by Gasteiger charge is -2.06. The van der Waals surface area contributed by atoms with Gasteiger partial charge in [-0.1, -0.05) is 29.8 Å². The molecule has 0 spiro atoms. The van der Waals surface area contributed by atoms with Crippen molar-refractivity contribution in [3.63, 3.8) is 0 Å². The van der Waals surface area contributed by atoms with Crippen LogP contribution >= 0.6 is 0 Å². The number of hydrogen-bond donors (Lipinski definition) is 2. The number of benzene rings is 1. The van der Waals surface area contributed by atoms with Crippen LogP contribution in [0.2, 0.25) is 0 Å². The van der Waals surface area contributed by atoms with Crippen molar-refractivity contribution in [3.05, 3.63) is 58.4 Å². The summed E-state index contributed by atoms with van der Waals surface area (Å²) >= 11 is 0. The Labute approximate surface area is 120 Å². The Morgan fingerprint density at radius 2 is 2.00 bits per heavy atom. The van der Waals surface area contributed by atoms with Gasteiger partial charge < -0.3 is 10.3 Å². The summed E-state index contributed by atoms with van der Waals surface area (Å²) in [4.78, 5) is 15.2. The van der Waals surface area contributed by atoms with E-state index in [2.05, 4.69) is 29.4 Å². The van der Waals surface area contributed by atoms with Crippen molar-refractivity contribution in [2.24, 2.45) is 0 Å². The Morgan fingerprint density at radius 1 is 1.20 bits per heavy atom. The van der Waals surface area contributed by atoms with E-state index in [1.54, 1.807) is 0 Å². The standard InChI is InChI=1S/C17H22N2O/c1-12-5-4-6-15(9-12)11-17(20)18-8-7-16-10-13(2)19-14(16)3/h4-6,9-10,19H,7-8,11H2,1-3H3,(H,18,20). The Balaban J connectivity index is 1.79. The van der Waals surface area contributed by atoms with Gasteiger partial charge in [0.05, 0.1) is 6.42 Å². The number of carbonyl (C=O) groups is 1. The van der Waals surface area contributed by atoms with Gasteiger partial charge in [-0.2, -0.15) is 0 Å². The maximum Gasteiger partial charge on any atom is 0.224 e. The Hall–Kier alpha value is -2.03. The molecule has 1 amide bonds. The first-order valence-electron chi connectivity index (χ1n) is 7.02. The fourth-order valence-electron chi connectivity index (χ4n) is 2.45. The molecule has 0 unspecified atom stereocenters. The lowest BCUT2D eigenvalue weighted by molar-refractivity contribution is -0.120. The highest BCUT2D eigenvalue weighted by atomic mass is 16.1. The van der Waals surface area contributed by atoms with E-state index in [1.165, 1.54) is 22.5 Å². The third kappa shape index (κ3) is 3.98. The fraction of sp³-hybridized carbons (Fsp3) is 0.353. The molecule has 1 heterocycles. The van der Waals surface area contributed by atoms with Crippen molar-refractivity contribution in [3.8, 4) is 0 Å². The third-order valence-electron chi connectivity index (χ3n) is 3.42. The van der Waals surface area contributed by atoms with Crippen LogP contribution in [0.5, 0.6) is 0 Å². The summed E-state index contributed by atoms with van der Waals surface area (Å²) in [5.74, 6) is 0.0838. The van der Waals surface area contributed by atoms with Crippen LogP contribution in [0.25, 0.3) is 0 Å². The molecular formula is C17H22N2O. The topological polar surface area (TPSA) is 44.9 Å². The van der Waals surface area contributed by atoms with Gasteiger partial charge in [0.1, 0.15) is 0 Å². The molecule has 0 bridgehead atoms. The van der Waals surface area contributed by atoms with Gasteiger partial charge in [0, 0.05) is 17.9 Å². The van der Waals surface area contributed by atoms with Crippen LogP contribution < -0.4 is 5.32 Å². The monoisotopic (exact) mass is 270 g/mol. The molecule has 106 valence electrons. The van der Waals surface area contributed by atoms with Gasteiger partial charge in [-0.3, -0.25) is 4.79 Å². The van der Waals surface area contributed by atoms with Crippen LogP contribution in [-0.2, 0) is 17.6 Å². The first-order chi connectivity index (χ1) is 9.54. The quantitative estimate of drug-likeness (QED) is 0.862. The van der Waals surface area contributed by atoms with Crippen LogP contribution in [0.1, 0.15) is 28.1 Å². The first-order valence-corrected chi connectivity index (χ1v) is 7.02. The molecule has 1 aromatic carbocycles. The third-order valence-corrected chi connectivity index (χ3v) is 3.42. The maximum absolute atomic E-state index is 11.9. The van der Waals surface area contributed by atoms with Gasteiger partial charge in [-0.25, -0.2) is 0 Å². The fourth-order valence-corrected chi connectivity index (χ4v) is 2.45. The minimum Gasteiger partial charge on any atom is -0.362 e. The SMILES string of the molecule is Cc1cccc(CC(=O)NCCc2cc(C)[nH]c2C)c1. The average molecular weight is 270 g/mol. The number of nitrogens with one attached hydrogen (secondary N) is 2. The molecule has 0 fully saturated rings. The molecule has 20 heavy (non-hydrogen) atoms. The highest BCUT2D eigenvalue weighted by Gasteiger charge is 2.05. The molecule has 0 aliphatic rings. The molecule has 3 heteroatoms. The van der Waals surface area contributed by atoms with E-state index >= 15 is 0 Å². The van der Waals surface area contributed by atoms with E-state index in [0.29, 0.717) is 13.0 Å². The number of amides is 1. The number of hydrogen-bond acceptors (Lipinski definition) is 1. The molecular weight excluding hydrogens is 248 g/mol. The zero-order valence-electron chi connectivity index (χ0n) is 12.4. The Morgan fingerprint density at radius 3 is 2.65 bits per heavy atom. The van der Waals surface area contributed by atoms with E-state index in [4.69, 9.17) is 0 Å². The molecule has 0 saturated heterocycles. The van der Waals surface area contributed by atoms with E-state index in [0.717, 1.165) is 12.0 Å². The summed E-state index contributed by atoms with van der Waals surface area (Å²) in [6, 6.07) is 10.2. The molecule has 2 N–H and O–H groups in total. The van der Waals surface area contributed by atoms with E-state index < -0.39 is 0 Å². The Kier molecular flexibility index (Phi) is 4.61. The van der Waals surface area contributed by atoms with Gasteiger partial charge >= 0.3 is 0 Å². The largest absolute Gasteiger partial charge is 0.362 e. The number of aryl methyl sites for hydroxylation is 3. The van der Waals surface area contributed by atoms with E-state index in [-0.39, 0.29) is 5.91 Å². The van der Waals surface area contributed by atoms with Crippen LogP contribution in [0, 0.1) is 20.8 Å². The molecule has 2 aromatic rings. The van der Waals surface area contributed by atoms with Crippen molar-refractivity contribution >= 4 is 5.91 Å². The highest BCUT2D eigenvalue weighted by molar-refractivity contribution is 5.78. The van der Waals surface area contributed by atoms with Gasteiger partial charge in [0.15, 0.2) is 0 Å². The van der Waals surface area contributed by atoms with Gasteiger partial charge in [0.25, 0.3) is 0 Å². The van der Waals surface area contributed by atoms with E-state index in [9.17, 15) is 4.79 Å². The number of H-pyrrole nitrogens is 1. The molecule has 0 radical (unpaired) electrons. The summed E-state index contributed by atoms with van der Waals surface area (Å²) < 4.78 is 0. The van der Waals surface area contributed by atoms with Gasteiger partial charge in [-0.15, -0.1) is 0 Å². The molecule has 0 atom stereocenters. The number of aromatic amines is 1. The molecule has 0 aliphatic carbocycles. The summed E-state index contributed by atoms with van der Waals surface area (Å²) in [6.07, 6.45) is 1.32. The zero-order valence-corrected chi connectivity index (χ0v) is 12.4. The molecule has 2 rings (SSSR count). The average Bonchev–Trinajstić information content (AvgIpc) is 2.68. The smallest absolute Gasteiger partial charge is 0.224 e. The number of rotatable bonds is 5. The van der Waals surface area contributed by atoms with Crippen LogP contribution in [0.15, 0.2) is 30.3 Å². The summed E-state index contributed by atoms with van der Waals surface area (Å²) in [5.41, 5.74) is 5.89. The predicted octanol–water partition coefficient (Wildman–Crippen LogP) is 2.84. The summed E-state index contributed by atoms with van der Waals surface area (Å²) in [7, 11) is 0. The first kappa shape index (κ1) is 14.4. The van der Waals surface area contributed by atoms with Crippen molar-refractivity contribution in [1.29, 1.82) is 0 Å². The second-order valence-corrected chi connectivity index (χ2v) is 5.37. The lowest BCUT2D eigenvalue weighted by atomic mass is 10.1. The zero-order chi connectivity index (χ0) is 14.5. The molecule has 3 nitrogen and oxygen atoms in total. The van der Waals surface area contributed by atoms with Crippen LogP contribution in [0.4, 0.5) is 0 Å². The normalized spacial score (nSPS) is 10.6. The molecule has 0 saturated carbocycles. The van der Waals surface area contributed by atoms with Crippen molar-refractivity contribution < 1.29 is 4.79 Å². The maximum atomic E-state index is 11.9. The van der Waals surface area contributed by atoms with E-state index in [1.807, 2.05) is 32.0 Å². The molecule has 1 aromatic heterocycles. The lowest BCUT2D eigenvalue weighted by Crippen LogP contribution is -2.27. The van der Waals surface area contributed by atoms with Crippen molar-refractivity contribution in [1.82, 2.24) is 10.3 Å². The highest BCUT2D eigenvalue weighted by Crippen LogP contribution is 2.09. The summed E-state index contributed by atoms with van der Waals surface area (Å²) in [6.45, 7) is 6.84. The second-order valence-electron chi connectivity index (χ2n) is 5.37. The van der Waals surface area contributed by atoms with Crippen LogP contribution in [0.3, 0.4) is 0 Å². The Bertz CT molecular complexity index is 599. The second kappa shape index (κ2) is 6.42. The van der Waals surface area contributed by atoms with Crippen LogP contribution in [-0.4, -0.2) is 17.4 Å². The minimum atomic E-state index is 0.0838. The minimum absolute atomic E-state index is 0.0838. The summed E-state index contributed by atoms with van der Waals surface area (Å²) in [5, 5.41) is 2.98.